The van der Waals surface area contributed by atoms with Gasteiger partial charge in [0.15, 0.2) is 0 Å². The van der Waals surface area contributed by atoms with Crippen molar-refractivity contribution in [3.05, 3.63) is 0 Å². The van der Waals surface area contributed by atoms with Gasteiger partial charge in [-0.2, -0.15) is 5.43 Å². The highest BCUT2D eigenvalue weighted by Crippen LogP contribution is 2.23. The van der Waals surface area contributed by atoms with Crippen molar-refractivity contribution in [3.63, 3.8) is 0 Å². The fourth-order valence-electron chi connectivity index (χ4n) is 2.39. The van der Waals surface area contributed by atoms with Gasteiger partial charge in [-0.1, -0.05) is 32.6 Å². The van der Waals surface area contributed by atoms with E-state index in [0.717, 1.165) is 12.6 Å². The van der Waals surface area contributed by atoms with E-state index in [-0.39, 0.29) is 0 Å². The molecule has 1 radical (unpaired) electrons. The van der Waals surface area contributed by atoms with Gasteiger partial charge in [0.05, 0.1) is 0 Å². The SMILES string of the molecule is CCCC[N]N(C(C)C)C1CCCCC1. The highest BCUT2D eigenvalue weighted by molar-refractivity contribution is 4.75. The molecule has 2 nitrogen and oxygen atoms in total. The van der Waals surface area contributed by atoms with Crippen LogP contribution in [0.2, 0.25) is 0 Å². The fraction of sp³-hybridized carbons (Fsp3) is 1.00. The second-order valence-corrected chi connectivity index (χ2v) is 4.98. The minimum absolute atomic E-state index is 0.574. The van der Waals surface area contributed by atoms with Crippen LogP contribution in [-0.4, -0.2) is 23.6 Å². The summed E-state index contributed by atoms with van der Waals surface area (Å²) in [4.78, 5) is 0. The van der Waals surface area contributed by atoms with Crippen LogP contribution in [-0.2, 0) is 0 Å². The summed E-state index contributed by atoms with van der Waals surface area (Å²) in [5.41, 5.74) is 4.77. The lowest BCUT2D eigenvalue weighted by Crippen LogP contribution is -2.46. The minimum atomic E-state index is 0.574. The molecular formula is C13H27N2. The van der Waals surface area contributed by atoms with E-state index < -0.39 is 0 Å². The van der Waals surface area contributed by atoms with Gasteiger partial charge in [-0.05, 0) is 33.1 Å². The Balaban J connectivity index is 2.34. The van der Waals surface area contributed by atoms with Crippen LogP contribution in [0.3, 0.4) is 0 Å². The first-order valence-electron chi connectivity index (χ1n) is 6.71. The Hall–Kier alpha value is -0.0800. The summed E-state index contributed by atoms with van der Waals surface area (Å²) in [6.45, 7) is 7.79. The zero-order valence-corrected chi connectivity index (χ0v) is 10.7. The predicted molar refractivity (Wildman–Crippen MR) is 65.8 cm³/mol. The Bertz CT molecular complexity index is 151. The molecule has 89 valence electrons. The van der Waals surface area contributed by atoms with E-state index in [2.05, 4.69) is 25.8 Å². The third kappa shape index (κ3) is 4.52. The number of hydrogen-bond donors (Lipinski definition) is 0. The molecule has 0 atom stereocenters. The smallest absolute Gasteiger partial charge is 0.0306 e. The quantitative estimate of drug-likeness (QED) is 0.486. The van der Waals surface area contributed by atoms with Crippen LogP contribution in [0.4, 0.5) is 0 Å². The largest absolute Gasteiger partial charge is 0.221 e. The maximum Gasteiger partial charge on any atom is 0.0306 e. The highest BCUT2D eigenvalue weighted by atomic mass is 15.5. The van der Waals surface area contributed by atoms with Crippen LogP contribution in [0.15, 0.2) is 0 Å². The molecule has 0 aromatic carbocycles. The summed E-state index contributed by atoms with van der Waals surface area (Å²) < 4.78 is 0. The molecule has 2 heteroatoms. The van der Waals surface area contributed by atoms with Gasteiger partial charge < -0.3 is 0 Å². The fourth-order valence-corrected chi connectivity index (χ4v) is 2.39. The van der Waals surface area contributed by atoms with Crippen LogP contribution >= 0.6 is 0 Å². The molecule has 0 aliphatic heterocycles. The van der Waals surface area contributed by atoms with Gasteiger partial charge in [-0.25, -0.2) is 5.01 Å². The third-order valence-electron chi connectivity index (χ3n) is 3.25. The van der Waals surface area contributed by atoms with Crippen molar-refractivity contribution in [1.29, 1.82) is 0 Å². The van der Waals surface area contributed by atoms with Crippen molar-refractivity contribution >= 4 is 0 Å². The molecule has 1 saturated carbocycles. The first kappa shape index (κ1) is 13.0. The lowest BCUT2D eigenvalue weighted by molar-refractivity contribution is 0.0558. The van der Waals surface area contributed by atoms with Gasteiger partial charge in [-0.3, -0.25) is 0 Å². The lowest BCUT2D eigenvalue weighted by atomic mass is 9.94. The normalized spacial score (nSPS) is 19.0. The van der Waals surface area contributed by atoms with Crippen molar-refractivity contribution in [2.24, 2.45) is 0 Å². The van der Waals surface area contributed by atoms with E-state index in [9.17, 15) is 0 Å². The highest BCUT2D eigenvalue weighted by Gasteiger charge is 2.23. The average Bonchev–Trinajstić information content (AvgIpc) is 2.25. The first-order valence-corrected chi connectivity index (χ1v) is 6.71. The van der Waals surface area contributed by atoms with Crippen LogP contribution in [0, 0.1) is 0 Å². The van der Waals surface area contributed by atoms with Crippen molar-refractivity contribution in [1.82, 2.24) is 10.4 Å². The van der Waals surface area contributed by atoms with Crippen molar-refractivity contribution < 1.29 is 0 Å². The Morgan fingerprint density at radius 1 is 1.20 bits per heavy atom. The maximum atomic E-state index is 4.77. The molecule has 1 rings (SSSR count). The van der Waals surface area contributed by atoms with Crippen LogP contribution in [0.25, 0.3) is 0 Å². The number of hydrogen-bond acceptors (Lipinski definition) is 1. The Kier molecular flexibility index (Phi) is 6.26. The van der Waals surface area contributed by atoms with E-state index in [4.69, 9.17) is 5.43 Å². The number of nitrogens with zero attached hydrogens (tertiary/aromatic N) is 2. The van der Waals surface area contributed by atoms with Crippen molar-refractivity contribution in [3.8, 4) is 0 Å². The number of rotatable bonds is 6. The van der Waals surface area contributed by atoms with E-state index in [1.54, 1.807) is 0 Å². The third-order valence-corrected chi connectivity index (χ3v) is 3.25. The van der Waals surface area contributed by atoms with Gasteiger partial charge in [0.25, 0.3) is 0 Å². The molecule has 0 N–H and O–H groups in total. The van der Waals surface area contributed by atoms with Gasteiger partial charge in [0.1, 0.15) is 0 Å². The molecule has 15 heavy (non-hydrogen) atoms. The van der Waals surface area contributed by atoms with E-state index in [0.29, 0.717) is 6.04 Å². The second-order valence-electron chi connectivity index (χ2n) is 4.98. The monoisotopic (exact) mass is 211 g/mol. The second kappa shape index (κ2) is 7.24. The van der Waals surface area contributed by atoms with Crippen molar-refractivity contribution in [2.45, 2.75) is 77.8 Å². The van der Waals surface area contributed by atoms with E-state index in [1.807, 2.05) is 0 Å². The molecule has 0 saturated heterocycles. The molecule has 1 fully saturated rings. The Morgan fingerprint density at radius 2 is 1.87 bits per heavy atom. The van der Waals surface area contributed by atoms with E-state index >= 15 is 0 Å². The number of unbranched alkanes of at least 4 members (excludes halogenated alkanes) is 1. The summed E-state index contributed by atoms with van der Waals surface area (Å²) in [6, 6.07) is 1.31. The average molecular weight is 211 g/mol. The molecule has 0 unspecified atom stereocenters. The summed E-state index contributed by atoms with van der Waals surface area (Å²) in [6.07, 6.45) is 9.42. The molecule has 0 amide bonds. The Labute approximate surface area is 95.4 Å². The molecule has 1 aliphatic carbocycles. The molecular weight excluding hydrogens is 184 g/mol. The van der Waals surface area contributed by atoms with Gasteiger partial charge in [0, 0.05) is 18.6 Å². The van der Waals surface area contributed by atoms with E-state index in [1.165, 1.54) is 44.9 Å². The molecule has 0 aromatic rings. The van der Waals surface area contributed by atoms with Crippen LogP contribution in [0.1, 0.15) is 65.7 Å². The maximum absolute atomic E-state index is 4.77. The van der Waals surface area contributed by atoms with Gasteiger partial charge in [-0.15, -0.1) is 0 Å². The topological polar surface area (TPSA) is 17.3 Å². The van der Waals surface area contributed by atoms with Crippen molar-refractivity contribution in [2.75, 3.05) is 6.54 Å². The predicted octanol–water partition coefficient (Wildman–Crippen LogP) is 3.35. The van der Waals surface area contributed by atoms with Gasteiger partial charge >= 0.3 is 0 Å². The Morgan fingerprint density at radius 3 is 2.40 bits per heavy atom. The summed E-state index contributed by atoms with van der Waals surface area (Å²) >= 11 is 0. The molecule has 0 bridgehead atoms. The summed E-state index contributed by atoms with van der Waals surface area (Å²) in [7, 11) is 0. The molecule has 1 aliphatic rings. The lowest BCUT2D eigenvalue weighted by Gasteiger charge is -2.36. The zero-order chi connectivity index (χ0) is 11.1. The van der Waals surface area contributed by atoms with Crippen LogP contribution in [0.5, 0.6) is 0 Å². The standard InChI is InChI=1S/C13H27N2/c1-4-5-11-14-15(12(2)3)13-9-7-6-8-10-13/h12-13H,4-11H2,1-3H3. The minimum Gasteiger partial charge on any atom is -0.221 e. The summed E-state index contributed by atoms with van der Waals surface area (Å²) in [5, 5.41) is 2.38. The first-order chi connectivity index (χ1) is 7.25. The molecule has 0 heterocycles. The molecule has 0 spiro atoms. The zero-order valence-electron chi connectivity index (χ0n) is 10.7. The summed E-state index contributed by atoms with van der Waals surface area (Å²) in [5.74, 6) is 0. The van der Waals surface area contributed by atoms with Gasteiger partial charge in [0.2, 0.25) is 0 Å². The molecule has 0 aromatic heterocycles. The van der Waals surface area contributed by atoms with Crippen LogP contribution < -0.4 is 5.43 Å².